The van der Waals surface area contributed by atoms with Crippen molar-refractivity contribution in [3.8, 4) is 0 Å². The molecule has 1 aromatic rings. The molecule has 0 heterocycles. The molecule has 1 aromatic carbocycles. The van der Waals surface area contributed by atoms with Crippen molar-refractivity contribution < 1.29 is 14.6 Å². The molecule has 0 aromatic heterocycles. The summed E-state index contributed by atoms with van der Waals surface area (Å²) in [5.74, 6) is 0. The molecule has 1 aliphatic carbocycles. The summed E-state index contributed by atoms with van der Waals surface area (Å²) in [6, 6.07) is 11.7. The zero-order valence-corrected chi connectivity index (χ0v) is 17.8. The molecule has 1 aliphatic rings. The second kappa shape index (κ2) is 7.66. The van der Waals surface area contributed by atoms with Crippen molar-refractivity contribution in [1.82, 2.24) is 0 Å². The molecule has 0 spiro atoms. The lowest BCUT2D eigenvalue weighted by atomic mass is 10.3. The maximum atomic E-state index is 10.1. The number of aliphatic hydroxyl groups is 1. The summed E-state index contributed by atoms with van der Waals surface area (Å²) in [7, 11) is -2.85. The normalized spacial score (nSPS) is 20.8. The van der Waals surface area contributed by atoms with Crippen LogP contribution in [-0.2, 0) is 9.47 Å². The molecule has 0 aliphatic heterocycles. The Bertz CT molecular complexity index is 564. The van der Waals surface area contributed by atoms with Gasteiger partial charge in [-0.1, -0.05) is 74.3 Å². The summed E-state index contributed by atoms with van der Waals surface area (Å²) >= 11 is 0. The van der Waals surface area contributed by atoms with E-state index in [4.69, 9.17) is 9.47 Å². The maximum absolute atomic E-state index is 10.1. The van der Waals surface area contributed by atoms with Crippen LogP contribution in [0.3, 0.4) is 0 Å². The van der Waals surface area contributed by atoms with E-state index in [1.165, 1.54) is 10.8 Å². The number of hydrogen-bond donors (Lipinski definition) is 1. The van der Waals surface area contributed by atoms with Gasteiger partial charge in [-0.3, -0.25) is 0 Å². The third kappa shape index (κ3) is 4.46. The number of ether oxygens (including phenoxy) is 2. The molecule has 0 unspecified atom stereocenters. The van der Waals surface area contributed by atoms with Crippen LogP contribution in [0.25, 0.3) is 0 Å². The minimum Gasteiger partial charge on any atom is -0.395 e. The van der Waals surface area contributed by atoms with Gasteiger partial charge < -0.3 is 14.6 Å². The van der Waals surface area contributed by atoms with E-state index in [0.29, 0.717) is 13.4 Å². The van der Waals surface area contributed by atoms with E-state index in [1.807, 2.05) is 6.07 Å². The molecular weight excluding hydrogens is 332 g/mol. The molecule has 1 N–H and O–H groups in total. The molecule has 3 nitrogen and oxygen atoms in total. The number of rotatable bonds is 10. The largest absolute Gasteiger partial charge is 0.395 e. The standard InChI is InChI=1S/C19H32O3Si2/c1-23(2,3)12-11-21-16-22-14-17-13-19(17,15-20)24(4,5)18-9-7-6-8-10-18/h6-10,13,20H,11-12,14-16H2,1-5H3/t19-/m1/s1. The van der Waals surface area contributed by atoms with Gasteiger partial charge in [-0.2, -0.15) is 0 Å². The Balaban J connectivity index is 1.81. The van der Waals surface area contributed by atoms with Crippen LogP contribution < -0.4 is 5.19 Å². The van der Waals surface area contributed by atoms with E-state index < -0.39 is 16.1 Å². The van der Waals surface area contributed by atoms with Crippen molar-refractivity contribution >= 4 is 21.3 Å². The second-order valence-corrected chi connectivity index (χ2v) is 18.8. The van der Waals surface area contributed by atoms with Gasteiger partial charge in [0.1, 0.15) is 6.79 Å². The lowest BCUT2D eigenvalue weighted by Gasteiger charge is -2.34. The van der Waals surface area contributed by atoms with Gasteiger partial charge in [0.25, 0.3) is 0 Å². The second-order valence-electron chi connectivity index (χ2n) is 8.48. The van der Waals surface area contributed by atoms with Gasteiger partial charge in [0.15, 0.2) is 0 Å². The van der Waals surface area contributed by atoms with Gasteiger partial charge in [0.2, 0.25) is 0 Å². The molecular formula is C19H32O3Si2. The first-order valence-corrected chi connectivity index (χ1v) is 15.5. The summed E-state index contributed by atoms with van der Waals surface area (Å²) in [6.07, 6.45) is 2.22. The highest BCUT2D eigenvalue weighted by atomic mass is 28.3. The average Bonchev–Trinajstić information content (AvgIpc) is 3.26. The highest BCUT2D eigenvalue weighted by molar-refractivity contribution is 6.94. The molecule has 0 amide bonds. The van der Waals surface area contributed by atoms with Crippen LogP contribution in [0, 0.1) is 0 Å². The van der Waals surface area contributed by atoms with Gasteiger partial charge in [0.05, 0.1) is 21.3 Å². The molecule has 5 heteroatoms. The number of hydrogen-bond acceptors (Lipinski definition) is 3. The highest BCUT2D eigenvalue weighted by Gasteiger charge is 2.56. The summed E-state index contributed by atoms with van der Waals surface area (Å²) in [4.78, 5) is 0. The van der Waals surface area contributed by atoms with E-state index in [2.05, 4.69) is 63.1 Å². The molecule has 1 atom stereocenters. The molecule has 0 radical (unpaired) electrons. The fraction of sp³-hybridized carbons (Fsp3) is 0.579. The van der Waals surface area contributed by atoms with Gasteiger partial charge >= 0.3 is 0 Å². The predicted molar refractivity (Wildman–Crippen MR) is 106 cm³/mol. The van der Waals surface area contributed by atoms with Crippen LogP contribution in [-0.4, -0.2) is 47.9 Å². The third-order valence-corrected chi connectivity index (χ3v) is 11.5. The Morgan fingerprint density at radius 2 is 1.67 bits per heavy atom. The summed E-state index contributed by atoms with van der Waals surface area (Å²) in [6.45, 7) is 13.6. The topological polar surface area (TPSA) is 38.7 Å². The zero-order valence-electron chi connectivity index (χ0n) is 15.8. The Labute approximate surface area is 148 Å². The lowest BCUT2D eigenvalue weighted by Crippen LogP contribution is -2.50. The van der Waals surface area contributed by atoms with Crippen molar-refractivity contribution in [1.29, 1.82) is 0 Å². The van der Waals surface area contributed by atoms with Crippen LogP contribution >= 0.6 is 0 Å². The van der Waals surface area contributed by atoms with Crippen LogP contribution in [0.1, 0.15) is 0 Å². The summed E-state index contributed by atoms with van der Waals surface area (Å²) < 4.78 is 11.3. The monoisotopic (exact) mass is 364 g/mol. The van der Waals surface area contributed by atoms with Crippen molar-refractivity contribution in [3.05, 3.63) is 42.0 Å². The first kappa shape index (κ1) is 19.6. The highest BCUT2D eigenvalue weighted by Crippen LogP contribution is 2.58. The predicted octanol–water partition coefficient (Wildman–Crippen LogP) is 3.60. The van der Waals surface area contributed by atoms with Gasteiger partial charge in [-0.25, -0.2) is 0 Å². The van der Waals surface area contributed by atoms with Crippen LogP contribution in [0.4, 0.5) is 0 Å². The van der Waals surface area contributed by atoms with Crippen molar-refractivity contribution in [2.24, 2.45) is 0 Å². The van der Waals surface area contributed by atoms with Crippen LogP contribution in [0.15, 0.2) is 42.0 Å². The van der Waals surface area contributed by atoms with Gasteiger partial charge in [-0.05, 0) is 11.6 Å². The van der Waals surface area contributed by atoms with Gasteiger partial charge in [0, 0.05) is 19.7 Å². The molecule has 2 rings (SSSR count). The first-order chi connectivity index (χ1) is 11.2. The quantitative estimate of drug-likeness (QED) is 0.298. The minimum absolute atomic E-state index is 0.146. The van der Waals surface area contributed by atoms with E-state index in [-0.39, 0.29) is 11.6 Å². The summed E-state index contributed by atoms with van der Waals surface area (Å²) in [5.41, 5.74) is 1.24. The summed E-state index contributed by atoms with van der Waals surface area (Å²) in [5, 5.41) is 11.3. The van der Waals surface area contributed by atoms with E-state index in [0.717, 1.165) is 12.7 Å². The third-order valence-electron chi connectivity index (χ3n) is 5.19. The number of benzene rings is 1. The van der Waals surface area contributed by atoms with Crippen molar-refractivity contribution in [3.63, 3.8) is 0 Å². The smallest absolute Gasteiger partial charge is 0.147 e. The molecule has 0 bridgehead atoms. The maximum Gasteiger partial charge on any atom is 0.147 e. The fourth-order valence-electron chi connectivity index (χ4n) is 3.12. The average molecular weight is 365 g/mol. The van der Waals surface area contributed by atoms with E-state index in [1.54, 1.807) is 0 Å². The molecule has 0 saturated heterocycles. The first-order valence-electron chi connectivity index (χ1n) is 8.77. The van der Waals surface area contributed by atoms with E-state index in [9.17, 15) is 5.11 Å². The fourth-order valence-corrected chi connectivity index (χ4v) is 7.22. The zero-order chi connectivity index (χ0) is 17.8. The van der Waals surface area contributed by atoms with Crippen molar-refractivity contribution in [2.75, 3.05) is 26.6 Å². The SMILES string of the molecule is C[Si](C)(C)CCOCOCC1=C[C@]1(CO)[Si](C)(C)c1ccccc1. The molecule has 24 heavy (non-hydrogen) atoms. The molecule has 0 saturated carbocycles. The lowest BCUT2D eigenvalue weighted by molar-refractivity contribution is -0.0412. The molecule has 0 fully saturated rings. The Morgan fingerprint density at radius 3 is 2.25 bits per heavy atom. The minimum atomic E-state index is -1.82. The van der Waals surface area contributed by atoms with E-state index >= 15 is 0 Å². The Kier molecular flexibility index (Phi) is 6.26. The van der Waals surface area contributed by atoms with Gasteiger partial charge in [-0.15, -0.1) is 0 Å². The van der Waals surface area contributed by atoms with Crippen molar-refractivity contribution in [2.45, 2.75) is 43.8 Å². The number of aliphatic hydroxyl groups excluding tert-OH is 1. The Morgan fingerprint density at radius 1 is 1.00 bits per heavy atom. The molecule has 134 valence electrons. The Hall–Kier alpha value is -0.726. The van der Waals surface area contributed by atoms with Crippen LogP contribution in [0.5, 0.6) is 0 Å². The van der Waals surface area contributed by atoms with Crippen LogP contribution in [0.2, 0.25) is 43.8 Å².